The second-order valence-electron chi connectivity index (χ2n) is 4.80. The summed E-state index contributed by atoms with van der Waals surface area (Å²) < 4.78 is 46.4. The van der Waals surface area contributed by atoms with Crippen molar-refractivity contribution in [2.24, 2.45) is 0 Å². The Morgan fingerprint density at radius 3 is 2.72 bits per heavy atom. The molecule has 0 bridgehead atoms. The summed E-state index contributed by atoms with van der Waals surface area (Å²) in [6.07, 6.45) is -4.83. The molecule has 0 unspecified atom stereocenters. The first kappa shape index (κ1) is 18.5. The number of rotatable bonds is 6. The molecule has 0 saturated carbocycles. The zero-order valence-corrected chi connectivity index (χ0v) is 13.0. The zero-order valence-electron chi connectivity index (χ0n) is 13.0. The molecule has 134 valence electrons. The van der Waals surface area contributed by atoms with E-state index in [9.17, 15) is 22.8 Å². The Balaban J connectivity index is 2.14. The lowest BCUT2D eigenvalue weighted by Crippen LogP contribution is -2.27. The molecule has 0 fully saturated rings. The minimum Gasteiger partial charge on any atom is -0.406 e. The van der Waals surface area contributed by atoms with E-state index < -0.39 is 23.6 Å². The van der Waals surface area contributed by atoms with Gasteiger partial charge in [-0.1, -0.05) is 6.07 Å². The van der Waals surface area contributed by atoms with Crippen LogP contribution in [0.15, 0.2) is 41.2 Å². The third-order valence-electron chi connectivity index (χ3n) is 2.93. The Labute approximate surface area is 140 Å². The quantitative estimate of drug-likeness (QED) is 0.856. The van der Waals surface area contributed by atoms with Crippen molar-refractivity contribution in [2.75, 3.05) is 19.0 Å². The Bertz CT molecular complexity index is 805. The number of anilines is 1. The van der Waals surface area contributed by atoms with E-state index in [2.05, 4.69) is 15.2 Å². The first-order chi connectivity index (χ1) is 11.8. The maximum Gasteiger partial charge on any atom is 0.573 e. The molecule has 0 radical (unpaired) electrons. The van der Waals surface area contributed by atoms with Crippen LogP contribution in [0.4, 0.5) is 18.9 Å². The topological polar surface area (TPSA) is 82.5 Å². The highest BCUT2D eigenvalue weighted by molar-refractivity contribution is 6.02. The molecule has 0 atom stereocenters. The maximum absolute atomic E-state index is 12.2. The van der Waals surface area contributed by atoms with E-state index in [1.165, 1.54) is 31.4 Å². The fraction of sp³-hybridized carbons (Fsp3) is 0.267. The zero-order chi connectivity index (χ0) is 18.4. The van der Waals surface area contributed by atoms with E-state index in [4.69, 9.17) is 4.74 Å². The molecule has 7 nitrogen and oxygen atoms in total. The van der Waals surface area contributed by atoms with E-state index >= 15 is 0 Å². The van der Waals surface area contributed by atoms with Crippen molar-refractivity contribution in [2.45, 2.75) is 12.9 Å². The molecule has 0 spiro atoms. The normalized spacial score (nSPS) is 11.2. The number of nitrogens with zero attached hydrogens (tertiary/aromatic N) is 2. The summed E-state index contributed by atoms with van der Waals surface area (Å²) in [7, 11) is 1.46. The van der Waals surface area contributed by atoms with Gasteiger partial charge in [-0.05, 0) is 18.2 Å². The molecular weight excluding hydrogens is 343 g/mol. The molecule has 2 rings (SSSR count). The van der Waals surface area contributed by atoms with Crippen molar-refractivity contribution in [3.8, 4) is 5.75 Å². The highest BCUT2D eigenvalue weighted by atomic mass is 19.4. The molecule has 1 N–H and O–H groups in total. The van der Waals surface area contributed by atoms with Gasteiger partial charge in [0.1, 0.15) is 11.4 Å². The van der Waals surface area contributed by atoms with Gasteiger partial charge in [-0.15, -0.1) is 13.2 Å². The number of halogens is 3. The maximum atomic E-state index is 12.2. The van der Waals surface area contributed by atoms with Crippen molar-refractivity contribution in [3.63, 3.8) is 0 Å². The van der Waals surface area contributed by atoms with E-state index in [1.54, 1.807) is 0 Å². The van der Waals surface area contributed by atoms with Gasteiger partial charge in [-0.2, -0.15) is 5.10 Å². The number of hydrogen-bond donors (Lipinski definition) is 1. The van der Waals surface area contributed by atoms with Crippen molar-refractivity contribution in [3.05, 3.63) is 52.4 Å². The number of ether oxygens (including phenoxy) is 2. The van der Waals surface area contributed by atoms with Gasteiger partial charge < -0.3 is 14.8 Å². The van der Waals surface area contributed by atoms with E-state index in [1.807, 2.05) is 0 Å². The molecular formula is C15H14F3N3O4. The fourth-order valence-corrected chi connectivity index (χ4v) is 1.87. The molecule has 25 heavy (non-hydrogen) atoms. The van der Waals surface area contributed by atoms with Crippen molar-refractivity contribution < 1.29 is 27.4 Å². The fourth-order valence-electron chi connectivity index (χ4n) is 1.87. The van der Waals surface area contributed by atoms with Crippen LogP contribution in [0, 0.1) is 0 Å². The Hall–Kier alpha value is -2.88. The third kappa shape index (κ3) is 5.60. The van der Waals surface area contributed by atoms with Crippen LogP contribution in [0.5, 0.6) is 5.75 Å². The second-order valence-corrected chi connectivity index (χ2v) is 4.80. The van der Waals surface area contributed by atoms with Crippen molar-refractivity contribution in [1.82, 2.24) is 9.78 Å². The number of methoxy groups -OCH3 is 1. The largest absolute Gasteiger partial charge is 0.573 e. The van der Waals surface area contributed by atoms with Crippen LogP contribution in [0.3, 0.4) is 0 Å². The molecule has 0 saturated heterocycles. The molecule has 1 heterocycles. The van der Waals surface area contributed by atoms with Crippen LogP contribution in [-0.2, 0) is 11.3 Å². The molecule has 0 aliphatic carbocycles. The molecule has 1 aromatic carbocycles. The minimum absolute atomic E-state index is 0.0714. The van der Waals surface area contributed by atoms with Gasteiger partial charge in [0.25, 0.3) is 11.5 Å². The van der Waals surface area contributed by atoms with Crippen LogP contribution in [0.2, 0.25) is 0 Å². The van der Waals surface area contributed by atoms with Gasteiger partial charge in [-0.3, -0.25) is 9.59 Å². The predicted octanol–water partition coefficient (Wildman–Crippen LogP) is 2.04. The van der Waals surface area contributed by atoms with Gasteiger partial charge in [0.2, 0.25) is 0 Å². The molecule has 1 aromatic heterocycles. The smallest absolute Gasteiger partial charge is 0.406 e. The lowest BCUT2D eigenvalue weighted by Gasteiger charge is -2.11. The van der Waals surface area contributed by atoms with Gasteiger partial charge in [0.15, 0.2) is 0 Å². The lowest BCUT2D eigenvalue weighted by atomic mass is 10.3. The van der Waals surface area contributed by atoms with E-state index in [-0.39, 0.29) is 24.5 Å². The summed E-state index contributed by atoms with van der Waals surface area (Å²) in [6, 6.07) is 7.20. The lowest BCUT2D eigenvalue weighted by molar-refractivity contribution is -0.274. The predicted molar refractivity (Wildman–Crippen MR) is 81.5 cm³/mol. The summed E-state index contributed by atoms with van der Waals surface area (Å²) in [5, 5.41) is 6.28. The molecule has 2 aromatic rings. The van der Waals surface area contributed by atoms with Crippen molar-refractivity contribution in [1.29, 1.82) is 0 Å². The number of alkyl halides is 3. The molecule has 0 aliphatic rings. The number of aromatic nitrogens is 2. The van der Waals surface area contributed by atoms with Crippen LogP contribution in [0.25, 0.3) is 0 Å². The second kappa shape index (κ2) is 7.79. The standard InChI is InChI=1S/C15H14F3N3O4/c1-24-8-7-21-13(22)6-5-12(20-21)14(23)19-10-3-2-4-11(9-10)25-15(16,17)18/h2-6,9H,7-8H2,1H3,(H,19,23). The van der Waals surface area contributed by atoms with Crippen LogP contribution < -0.4 is 15.6 Å². The Kier molecular flexibility index (Phi) is 5.75. The summed E-state index contributed by atoms with van der Waals surface area (Å²) in [5.41, 5.74) is -0.393. The molecule has 1 amide bonds. The van der Waals surface area contributed by atoms with Gasteiger partial charge >= 0.3 is 6.36 Å². The number of carbonyl (C=O) groups excluding carboxylic acids is 1. The Morgan fingerprint density at radius 2 is 2.04 bits per heavy atom. The van der Waals surface area contributed by atoms with Crippen LogP contribution in [-0.4, -0.2) is 35.8 Å². The van der Waals surface area contributed by atoms with Crippen LogP contribution in [0.1, 0.15) is 10.5 Å². The average molecular weight is 357 g/mol. The summed E-state index contributed by atoms with van der Waals surface area (Å²) >= 11 is 0. The highest BCUT2D eigenvalue weighted by Crippen LogP contribution is 2.25. The molecule has 0 aliphatic heterocycles. The van der Waals surface area contributed by atoms with E-state index in [0.717, 1.165) is 16.8 Å². The van der Waals surface area contributed by atoms with Crippen molar-refractivity contribution >= 4 is 11.6 Å². The number of nitrogens with one attached hydrogen (secondary N) is 1. The summed E-state index contributed by atoms with van der Waals surface area (Å²) in [4.78, 5) is 23.8. The summed E-state index contributed by atoms with van der Waals surface area (Å²) in [5.74, 6) is -1.15. The Morgan fingerprint density at radius 1 is 1.28 bits per heavy atom. The number of amides is 1. The van der Waals surface area contributed by atoms with E-state index in [0.29, 0.717) is 0 Å². The number of hydrogen-bond acceptors (Lipinski definition) is 5. The SMILES string of the molecule is COCCn1nc(C(=O)Nc2cccc(OC(F)(F)F)c2)ccc1=O. The first-order valence-electron chi connectivity index (χ1n) is 7.03. The van der Waals surface area contributed by atoms with Crippen LogP contribution >= 0.6 is 0 Å². The molecule has 10 heteroatoms. The van der Waals surface area contributed by atoms with Gasteiger partial charge in [-0.25, -0.2) is 4.68 Å². The average Bonchev–Trinajstić information content (AvgIpc) is 2.52. The van der Waals surface area contributed by atoms with Gasteiger partial charge in [0, 0.05) is 24.9 Å². The number of carbonyl (C=O) groups is 1. The summed E-state index contributed by atoms with van der Waals surface area (Å²) in [6.45, 7) is 0.389. The van der Waals surface area contributed by atoms with Gasteiger partial charge in [0.05, 0.1) is 13.2 Å². The first-order valence-corrected chi connectivity index (χ1v) is 7.03. The minimum atomic E-state index is -4.83. The third-order valence-corrected chi connectivity index (χ3v) is 2.93. The number of benzene rings is 1. The highest BCUT2D eigenvalue weighted by Gasteiger charge is 2.31. The monoisotopic (exact) mass is 357 g/mol.